The summed E-state index contributed by atoms with van der Waals surface area (Å²) >= 11 is 0. The summed E-state index contributed by atoms with van der Waals surface area (Å²) in [4.78, 5) is 25.5. The highest BCUT2D eigenvalue weighted by Gasteiger charge is 2.07. The first-order valence-corrected chi connectivity index (χ1v) is 6.79. The Morgan fingerprint density at radius 3 is 2.62 bits per heavy atom. The smallest absolute Gasteiger partial charge is 0.251 e. The first-order chi connectivity index (χ1) is 10.1. The molecule has 1 N–H and O–H groups in total. The highest BCUT2D eigenvalue weighted by Crippen LogP contribution is 2.09. The number of benzene rings is 1. The van der Waals surface area contributed by atoms with Crippen LogP contribution in [0.3, 0.4) is 0 Å². The molecule has 0 spiro atoms. The number of para-hydroxylation sites is 1. The monoisotopic (exact) mass is 285 g/mol. The van der Waals surface area contributed by atoms with Crippen LogP contribution in [-0.4, -0.2) is 30.6 Å². The summed E-state index contributed by atoms with van der Waals surface area (Å²) in [7, 11) is 3.62. The van der Waals surface area contributed by atoms with Crippen molar-refractivity contribution in [3.63, 3.8) is 0 Å². The van der Waals surface area contributed by atoms with Gasteiger partial charge < -0.3 is 14.8 Å². The number of hydrogen-bond acceptors (Lipinski definition) is 3. The Morgan fingerprint density at radius 2 is 1.95 bits per heavy atom. The Kier molecular flexibility index (Phi) is 4.77. The number of aromatic nitrogens is 1. The fourth-order valence-electron chi connectivity index (χ4n) is 1.94. The lowest BCUT2D eigenvalue weighted by Crippen LogP contribution is -2.33. The van der Waals surface area contributed by atoms with E-state index in [4.69, 9.17) is 0 Å². The second-order valence-electron chi connectivity index (χ2n) is 4.88. The van der Waals surface area contributed by atoms with Crippen LogP contribution in [0.4, 0.5) is 5.69 Å². The normalized spacial score (nSPS) is 10.2. The molecule has 0 unspecified atom stereocenters. The third kappa shape index (κ3) is 3.95. The Bertz CT molecular complexity index is 665. The number of nitrogens with one attached hydrogen (secondary N) is 1. The molecule has 1 aromatic carbocycles. The topological polar surface area (TPSA) is 54.3 Å². The van der Waals surface area contributed by atoms with Gasteiger partial charge in [-0.05, 0) is 18.2 Å². The number of anilines is 1. The van der Waals surface area contributed by atoms with E-state index in [1.54, 1.807) is 19.3 Å². The van der Waals surface area contributed by atoms with Crippen molar-refractivity contribution in [1.82, 2.24) is 9.88 Å². The number of carbonyl (C=O) groups excluding carboxylic acids is 1. The highest BCUT2D eigenvalue weighted by atomic mass is 16.2. The minimum Gasteiger partial charge on any atom is -0.373 e. The van der Waals surface area contributed by atoms with Crippen molar-refractivity contribution in [1.29, 1.82) is 0 Å². The predicted octanol–water partition coefficient (Wildman–Crippen LogP) is 1.25. The maximum Gasteiger partial charge on any atom is 0.251 e. The Hall–Kier alpha value is -2.56. The first kappa shape index (κ1) is 14.8. The molecule has 0 radical (unpaired) electrons. The average Bonchev–Trinajstić information content (AvgIpc) is 2.50. The maximum absolute atomic E-state index is 11.9. The Labute approximate surface area is 123 Å². The second kappa shape index (κ2) is 6.74. The fourth-order valence-corrected chi connectivity index (χ4v) is 1.94. The summed E-state index contributed by atoms with van der Waals surface area (Å²) in [6.45, 7) is 1.21. The van der Waals surface area contributed by atoms with Crippen LogP contribution in [0.25, 0.3) is 0 Å². The molecule has 0 aliphatic rings. The van der Waals surface area contributed by atoms with Crippen LogP contribution in [0.2, 0.25) is 0 Å². The van der Waals surface area contributed by atoms with Gasteiger partial charge in [0.15, 0.2) is 0 Å². The molecule has 2 aromatic rings. The molecule has 0 saturated heterocycles. The van der Waals surface area contributed by atoms with Gasteiger partial charge in [-0.2, -0.15) is 0 Å². The van der Waals surface area contributed by atoms with E-state index in [1.807, 2.05) is 37.4 Å². The summed E-state index contributed by atoms with van der Waals surface area (Å²) in [5, 5.41) is 2.82. The van der Waals surface area contributed by atoms with Crippen molar-refractivity contribution in [2.24, 2.45) is 7.05 Å². The molecule has 1 amide bonds. The van der Waals surface area contributed by atoms with Crippen molar-refractivity contribution < 1.29 is 4.79 Å². The van der Waals surface area contributed by atoms with Crippen molar-refractivity contribution >= 4 is 11.6 Å². The molecule has 0 fully saturated rings. The zero-order valence-corrected chi connectivity index (χ0v) is 12.2. The van der Waals surface area contributed by atoms with E-state index in [0.717, 1.165) is 5.69 Å². The van der Waals surface area contributed by atoms with E-state index in [1.165, 1.54) is 10.6 Å². The zero-order valence-electron chi connectivity index (χ0n) is 12.2. The molecule has 110 valence electrons. The summed E-state index contributed by atoms with van der Waals surface area (Å²) in [6.07, 6.45) is 1.59. The molecular formula is C16H19N3O2. The van der Waals surface area contributed by atoms with Gasteiger partial charge in [-0.3, -0.25) is 9.59 Å². The number of amides is 1. The zero-order chi connectivity index (χ0) is 15.2. The van der Waals surface area contributed by atoms with Gasteiger partial charge in [-0.1, -0.05) is 18.2 Å². The van der Waals surface area contributed by atoms with Gasteiger partial charge in [0.2, 0.25) is 0 Å². The van der Waals surface area contributed by atoms with Gasteiger partial charge in [0, 0.05) is 50.7 Å². The Balaban J connectivity index is 1.87. The van der Waals surface area contributed by atoms with E-state index in [2.05, 4.69) is 10.2 Å². The maximum atomic E-state index is 11.9. The van der Waals surface area contributed by atoms with Crippen LogP contribution < -0.4 is 15.8 Å². The van der Waals surface area contributed by atoms with E-state index in [-0.39, 0.29) is 11.5 Å². The van der Waals surface area contributed by atoms with Crippen LogP contribution >= 0.6 is 0 Å². The van der Waals surface area contributed by atoms with Crippen molar-refractivity contribution in [2.45, 2.75) is 0 Å². The number of rotatable bonds is 5. The molecule has 0 aliphatic heterocycles. The van der Waals surface area contributed by atoms with Gasteiger partial charge >= 0.3 is 0 Å². The molecule has 1 heterocycles. The highest BCUT2D eigenvalue weighted by molar-refractivity contribution is 5.93. The lowest BCUT2D eigenvalue weighted by atomic mass is 10.2. The van der Waals surface area contributed by atoms with Crippen LogP contribution in [0.5, 0.6) is 0 Å². The predicted molar refractivity (Wildman–Crippen MR) is 83.7 cm³/mol. The van der Waals surface area contributed by atoms with E-state index in [9.17, 15) is 9.59 Å². The summed E-state index contributed by atoms with van der Waals surface area (Å²) in [5.41, 5.74) is 1.30. The third-order valence-electron chi connectivity index (χ3n) is 3.30. The van der Waals surface area contributed by atoms with Crippen molar-refractivity contribution in [2.75, 3.05) is 25.0 Å². The van der Waals surface area contributed by atoms with Crippen molar-refractivity contribution in [3.8, 4) is 0 Å². The lowest BCUT2D eigenvalue weighted by Gasteiger charge is -2.19. The number of carbonyl (C=O) groups is 1. The van der Waals surface area contributed by atoms with E-state index in [0.29, 0.717) is 18.7 Å². The molecule has 5 heteroatoms. The van der Waals surface area contributed by atoms with Gasteiger partial charge in [-0.15, -0.1) is 0 Å². The van der Waals surface area contributed by atoms with E-state index >= 15 is 0 Å². The van der Waals surface area contributed by atoms with Crippen molar-refractivity contribution in [3.05, 3.63) is 64.6 Å². The average molecular weight is 285 g/mol. The number of nitrogens with zero attached hydrogens (tertiary/aromatic N) is 2. The lowest BCUT2D eigenvalue weighted by molar-refractivity contribution is 0.0954. The van der Waals surface area contributed by atoms with Crippen LogP contribution in [-0.2, 0) is 7.05 Å². The fraction of sp³-hybridized carbons (Fsp3) is 0.250. The Morgan fingerprint density at radius 1 is 1.24 bits per heavy atom. The number of pyridine rings is 1. The van der Waals surface area contributed by atoms with Gasteiger partial charge in [-0.25, -0.2) is 0 Å². The first-order valence-electron chi connectivity index (χ1n) is 6.79. The quantitative estimate of drug-likeness (QED) is 0.899. The summed E-state index contributed by atoms with van der Waals surface area (Å²) in [5.74, 6) is -0.228. The number of likely N-dealkylation sites (N-methyl/N-ethyl adjacent to an activating group) is 1. The molecular weight excluding hydrogens is 266 g/mol. The standard InChI is InChI=1S/C16H19N3O2/c1-18(14-6-4-3-5-7-14)11-9-17-16(21)13-8-10-19(2)15(20)12-13/h3-8,10,12H,9,11H2,1-2H3,(H,17,21). The van der Waals surface area contributed by atoms with Gasteiger partial charge in [0.05, 0.1) is 0 Å². The third-order valence-corrected chi connectivity index (χ3v) is 3.30. The molecule has 21 heavy (non-hydrogen) atoms. The largest absolute Gasteiger partial charge is 0.373 e. The van der Waals surface area contributed by atoms with Gasteiger partial charge in [0.25, 0.3) is 11.5 Å². The molecule has 1 aromatic heterocycles. The van der Waals surface area contributed by atoms with E-state index < -0.39 is 0 Å². The molecule has 0 bridgehead atoms. The van der Waals surface area contributed by atoms with Crippen LogP contribution in [0.15, 0.2) is 53.5 Å². The molecule has 0 saturated carbocycles. The molecule has 0 aliphatic carbocycles. The van der Waals surface area contributed by atoms with Gasteiger partial charge in [0.1, 0.15) is 0 Å². The SMILES string of the molecule is CN(CCNC(=O)c1ccn(C)c(=O)c1)c1ccccc1. The van der Waals surface area contributed by atoms with Crippen LogP contribution in [0.1, 0.15) is 10.4 Å². The summed E-state index contributed by atoms with van der Waals surface area (Å²) in [6, 6.07) is 12.9. The number of aryl methyl sites for hydroxylation is 1. The second-order valence-corrected chi connectivity index (χ2v) is 4.88. The molecule has 5 nitrogen and oxygen atoms in total. The molecule has 2 rings (SSSR count). The minimum atomic E-state index is -0.228. The molecule has 0 atom stereocenters. The summed E-state index contributed by atoms with van der Waals surface area (Å²) < 4.78 is 1.43. The number of hydrogen-bond donors (Lipinski definition) is 1. The minimum absolute atomic E-state index is 0.191. The van der Waals surface area contributed by atoms with Crippen LogP contribution in [0, 0.1) is 0 Å².